The summed E-state index contributed by atoms with van der Waals surface area (Å²) in [5.41, 5.74) is 0.461. The first kappa shape index (κ1) is 21.6. The number of hydrogen-bond donors (Lipinski definition) is 0. The van der Waals surface area contributed by atoms with Crippen molar-refractivity contribution >= 4 is 29.2 Å². The third-order valence-corrected chi connectivity index (χ3v) is 5.72. The molecular weight excluding hydrogens is 407 g/mol. The van der Waals surface area contributed by atoms with Crippen molar-refractivity contribution in [3.63, 3.8) is 0 Å². The lowest BCUT2D eigenvalue weighted by atomic mass is 10.1. The minimum absolute atomic E-state index is 0.0566. The number of halogens is 2. The van der Waals surface area contributed by atoms with Gasteiger partial charge in [-0.05, 0) is 48.9 Å². The first-order valence-corrected chi connectivity index (χ1v) is 10.2. The first-order chi connectivity index (χ1) is 13.6. The Bertz CT molecular complexity index is 910. The van der Waals surface area contributed by atoms with Crippen LogP contribution in [0.25, 0.3) is 0 Å². The summed E-state index contributed by atoms with van der Waals surface area (Å²) >= 11 is 12.3. The molecule has 3 nitrogen and oxygen atoms in total. The Balaban J connectivity index is 1.70. The molecule has 2 aromatic carbocycles. The molecule has 152 valence electrons. The highest BCUT2D eigenvalue weighted by Gasteiger charge is 2.63. The molecule has 0 aliphatic heterocycles. The zero-order valence-corrected chi connectivity index (χ0v) is 18.2. The summed E-state index contributed by atoms with van der Waals surface area (Å²) in [6.07, 6.45) is 5.39. The van der Waals surface area contributed by atoms with Crippen molar-refractivity contribution in [1.29, 1.82) is 0 Å². The van der Waals surface area contributed by atoms with Gasteiger partial charge < -0.3 is 9.47 Å². The fourth-order valence-corrected chi connectivity index (χ4v) is 4.07. The Morgan fingerprint density at radius 1 is 1.17 bits per heavy atom. The van der Waals surface area contributed by atoms with Crippen LogP contribution >= 0.6 is 23.2 Å². The fraction of sp³-hybridized carbons (Fsp3) is 0.375. The van der Waals surface area contributed by atoms with Gasteiger partial charge in [-0.2, -0.15) is 0 Å². The molecule has 1 fully saturated rings. The average Bonchev–Trinajstić information content (AvgIpc) is 3.18. The third kappa shape index (κ3) is 5.26. The monoisotopic (exact) mass is 430 g/mol. The van der Waals surface area contributed by atoms with Gasteiger partial charge in [-0.1, -0.05) is 50.1 Å². The normalized spacial score (nSPS) is 21.0. The van der Waals surface area contributed by atoms with Gasteiger partial charge in [-0.3, -0.25) is 4.79 Å². The molecule has 5 heteroatoms. The molecule has 2 aromatic rings. The van der Waals surface area contributed by atoms with E-state index in [1.54, 1.807) is 13.0 Å². The summed E-state index contributed by atoms with van der Waals surface area (Å²) in [7, 11) is 0. The van der Waals surface area contributed by atoms with Crippen LogP contribution in [0.3, 0.4) is 0 Å². The molecule has 3 unspecified atom stereocenters. The zero-order valence-electron chi connectivity index (χ0n) is 16.7. The van der Waals surface area contributed by atoms with Gasteiger partial charge in [0.05, 0.1) is 5.92 Å². The molecule has 0 aromatic heterocycles. The number of hydrogen-bond acceptors (Lipinski definition) is 3. The van der Waals surface area contributed by atoms with E-state index in [-0.39, 0.29) is 23.2 Å². The van der Waals surface area contributed by atoms with Crippen LogP contribution in [0, 0.1) is 29.6 Å². The highest BCUT2D eigenvalue weighted by molar-refractivity contribution is 6.48. The molecule has 0 bridgehead atoms. The Morgan fingerprint density at radius 3 is 2.45 bits per heavy atom. The van der Waals surface area contributed by atoms with Crippen LogP contribution in [-0.2, 0) is 9.53 Å². The van der Waals surface area contributed by atoms with Gasteiger partial charge in [0.2, 0.25) is 0 Å². The molecule has 1 aliphatic carbocycles. The van der Waals surface area contributed by atoms with Crippen LogP contribution in [-0.4, -0.2) is 10.3 Å². The van der Waals surface area contributed by atoms with Crippen molar-refractivity contribution < 1.29 is 14.3 Å². The Morgan fingerprint density at radius 2 is 1.83 bits per heavy atom. The van der Waals surface area contributed by atoms with Crippen LogP contribution in [0.15, 0.2) is 54.6 Å². The summed E-state index contributed by atoms with van der Waals surface area (Å²) in [4.78, 5) is 12.8. The first-order valence-electron chi connectivity index (χ1n) is 9.49. The van der Waals surface area contributed by atoms with E-state index in [4.69, 9.17) is 39.1 Å². The van der Waals surface area contributed by atoms with Crippen LogP contribution in [0.1, 0.15) is 38.9 Å². The molecule has 3 atom stereocenters. The summed E-state index contributed by atoms with van der Waals surface area (Å²) in [6, 6.07) is 16.7. The SMILES string of the molecule is C#CC(OC(=O)C1C(CC(C)(Cl)Cl)C1(C)C)c1cccc(Oc2ccccc2)c1. The smallest absolute Gasteiger partial charge is 0.311 e. The molecule has 1 aliphatic rings. The minimum Gasteiger partial charge on any atom is -0.457 e. The van der Waals surface area contributed by atoms with E-state index >= 15 is 0 Å². The zero-order chi connectivity index (χ0) is 21.2. The number of carbonyl (C=O) groups excluding carboxylic acids is 1. The molecule has 3 rings (SSSR count). The van der Waals surface area contributed by atoms with E-state index in [9.17, 15) is 4.79 Å². The maximum atomic E-state index is 12.8. The van der Waals surface area contributed by atoms with Crippen LogP contribution in [0.2, 0.25) is 0 Å². The predicted molar refractivity (Wildman–Crippen MR) is 116 cm³/mol. The fourth-order valence-electron chi connectivity index (χ4n) is 3.73. The molecule has 1 saturated carbocycles. The van der Waals surface area contributed by atoms with E-state index in [0.29, 0.717) is 23.5 Å². The quantitative estimate of drug-likeness (QED) is 0.283. The van der Waals surface area contributed by atoms with E-state index in [1.807, 2.05) is 62.4 Å². The number of esters is 1. The second-order valence-electron chi connectivity index (χ2n) is 8.15. The standard InChI is InChI=1S/C24H24Cl2O3/c1-5-20(29-22(27)21-19(23(21,2)3)15-24(4,25)26)16-10-9-13-18(14-16)28-17-11-7-6-8-12-17/h1,6-14,19-21H,15H2,2-4H3. The van der Waals surface area contributed by atoms with Crippen LogP contribution in [0.4, 0.5) is 0 Å². The molecule has 0 N–H and O–H groups in total. The van der Waals surface area contributed by atoms with Crippen molar-refractivity contribution in [2.45, 2.75) is 37.6 Å². The van der Waals surface area contributed by atoms with Gasteiger partial charge in [-0.25, -0.2) is 0 Å². The van der Waals surface area contributed by atoms with Crippen molar-refractivity contribution in [1.82, 2.24) is 0 Å². The second-order valence-corrected chi connectivity index (χ2v) is 10.0. The summed E-state index contributed by atoms with van der Waals surface area (Å²) in [5.74, 6) is 3.35. The summed E-state index contributed by atoms with van der Waals surface area (Å²) in [5, 5.41) is 0. The number of carbonyl (C=O) groups is 1. The molecule has 29 heavy (non-hydrogen) atoms. The lowest BCUT2D eigenvalue weighted by molar-refractivity contribution is -0.149. The van der Waals surface area contributed by atoms with E-state index in [0.717, 1.165) is 0 Å². The summed E-state index contributed by atoms with van der Waals surface area (Å²) < 4.78 is 10.6. The Labute approximate surface area is 182 Å². The molecule has 0 amide bonds. The predicted octanol–water partition coefficient (Wildman–Crippen LogP) is 6.55. The number of alkyl halides is 2. The van der Waals surface area contributed by atoms with Crippen molar-refractivity contribution in [3.05, 3.63) is 60.2 Å². The minimum atomic E-state index is -0.883. The molecular formula is C24H24Cl2O3. The maximum absolute atomic E-state index is 12.8. The molecule has 0 saturated heterocycles. The highest BCUT2D eigenvalue weighted by atomic mass is 35.5. The second kappa shape index (κ2) is 8.30. The van der Waals surface area contributed by atoms with Gasteiger partial charge in [0.1, 0.15) is 15.8 Å². The van der Waals surface area contributed by atoms with Gasteiger partial charge in [0.15, 0.2) is 6.10 Å². The average molecular weight is 431 g/mol. The third-order valence-electron chi connectivity index (χ3n) is 5.41. The van der Waals surface area contributed by atoms with Gasteiger partial charge >= 0.3 is 5.97 Å². The number of rotatable bonds is 7. The number of benzene rings is 2. The highest BCUT2D eigenvalue weighted by Crippen LogP contribution is 2.62. The summed E-state index contributed by atoms with van der Waals surface area (Å²) in [6.45, 7) is 5.76. The van der Waals surface area contributed by atoms with Crippen LogP contribution in [0.5, 0.6) is 11.5 Å². The van der Waals surface area contributed by atoms with E-state index < -0.39 is 10.4 Å². The Hall–Kier alpha value is -2.15. The lowest BCUT2D eigenvalue weighted by Gasteiger charge is -2.15. The van der Waals surface area contributed by atoms with Gasteiger partial charge in [0.25, 0.3) is 0 Å². The van der Waals surface area contributed by atoms with Crippen molar-refractivity contribution in [2.24, 2.45) is 17.3 Å². The maximum Gasteiger partial charge on any atom is 0.311 e. The van der Waals surface area contributed by atoms with Gasteiger partial charge in [-0.15, -0.1) is 29.6 Å². The molecule has 0 heterocycles. The largest absolute Gasteiger partial charge is 0.457 e. The number of ether oxygens (including phenoxy) is 2. The lowest BCUT2D eigenvalue weighted by Crippen LogP contribution is -2.15. The van der Waals surface area contributed by atoms with E-state index in [1.165, 1.54) is 0 Å². The van der Waals surface area contributed by atoms with Crippen molar-refractivity contribution in [2.75, 3.05) is 0 Å². The van der Waals surface area contributed by atoms with Crippen molar-refractivity contribution in [3.8, 4) is 23.8 Å². The molecule has 0 radical (unpaired) electrons. The molecule has 0 spiro atoms. The Kier molecular flexibility index (Phi) is 6.17. The number of terminal acetylenes is 1. The van der Waals surface area contributed by atoms with Gasteiger partial charge in [0, 0.05) is 5.56 Å². The number of para-hydroxylation sites is 1. The topological polar surface area (TPSA) is 35.5 Å². The van der Waals surface area contributed by atoms with E-state index in [2.05, 4.69) is 5.92 Å². The van der Waals surface area contributed by atoms with Crippen LogP contribution < -0.4 is 4.74 Å².